The molecule has 51 heavy (non-hydrogen) atoms. The largest absolute Gasteiger partial charge is 0.481 e. The Labute approximate surface area is 301 Å². The fraction of sp³-hybridized carbons (Fsp3) is 0.293. The van der Waals surface area contributed by atoms with Gasteiger partial charge in [-0.3, -0.25) is 19.6 Å². The van der Waals surface area contributed by atoms with Gasteiger partial charge in [0.15, 0.2) is 11.4 Å². The number of furan rings is 1. The number of hydrogen-bond acceptors (Lipinski definition) is 8. The lowest BCUT2D eigenvalue weighted by molar-refractivity contribution is -0.141. The molecule has 0 bridgehead atoms. The van der Waals surface area contributed by atoms with Crippen molar-refractivity contribution in [2.75, 3.05) is 31.5 Å². The van der Waals surface area contributed by atoms with Crippen LogP contribution in [0.2, 0.25) is 5.02 Å². The molecule has 0 spiro atoms. The highest BCUT2D eigenvalue weighted by atomic mass is 35.5. The van der Waals surface area contributed by atoms with Gasteiger partial charge in [0.1, 0.15) is 11.3 Å². The monoisotopic (exact) mass is 701 g/mol. The van der Waals surface area contributed by atoms with Crippen molar-refractivity contribution >= 4 is 50.9 Å². The number of halogens is 1. The van der Waals surface area contributed by atoms with Crippen molar-refractivity contribution in [2.24, 2.45) is 5.92 Å². The summed E-state index contributed by atoms with van der Waals surface area (Å²) < 4.78 is 6.39. The third-order valence-electron chi connectivity index (χ3n) is 10.4. The molecular formula is C41H40ClN5O4. The third-order valence-corrected chi connectivity index (χ3v) is 10.7. The first-order valence-corrected chi connectivity index (χ1v) is 17.9. The number of carboxylic acid groups (broad SMARTS) is 1. The number of pyridine rings is 2. The second-order valence-corrected chi connectivity index (χ2v) is 14.4. The van der Waals surface area contributed by atoms with Gasteiger partial charge in [-0.1, -0.05) is 41.9 Å². The zero-order valence-electron chi connectivity index (χ0n) is 28.7. The molecule has 3 N–H and O–H groups in total. The van der Waals surface area contributed by atoms with Crippen LogP contribution in [-0.2, 0) is 17.9 Å². The van der Waals surface area contributed by atoms with E-state index in [-0.39, 0.29) is 12.0 Å². The van der Waals surface area contributed by atoms with Gasteiger partial charge in [0, 0.05) is 67.1 Å². The summed E-state index contributed by atoms with van der Waals surface area (Å²) in [6.45, 7) is 8.55. The van der Waals surface area contributed by atoms with Crippen LogP contribution in [-0.4, -0.2) is 68.2 Å². The van der Waals surface area contributed by atoms with Gasteiger partial charge in [-0.2, -0.15) is 0 Å². The number of nitrogens with one attached hydrogen (secondary N) is 1. The number of aliphatic hydroxyl groups excluding tert-OH is 1. The van der Waals surface area contributed by atoms with E-state index in [1.807, 2.05) is 30.6 Å². The van der Waals surface area contributed by atoms with Gasteiger partial charge in [-0.15, -0.1) is 0 Å². The van der Waals surface area contributed by atoms with E-state index in [0.717, 1.165) is 92.7 Å². The normalized spacial score (nSPS) is 18.3. The van der Waals surface area contributed by atoms with E-state index in [1.165, 1.54) is 0 Å². The van der Waals surface area contributed by atoms with E-state index < -0.39 is 5.97 Å². The Morgan fingerprint density at radius 3 is 2.39 bits per heavy atom. The topological polar surface area (TPSA) is 115 Å². The van der Waals surface area contributed by atoms with Crippen molar-refractivity contribution < 1.29 is 19.4 Å². The highest BCUT2D eigenvalue weighted by molar-refractivity contribution is 6.35. The molecule has 3 aromatic carbocycles. The Morgan fingerprint density at radius 1 is 0.882 bits per heavy atom. The minimum absolute atomic E-state index is 0.245. The number of nitrogens with zero attached hydrogens (tertiary/aromatic N) is 4. The summed E-state index contributed by atoms with van der Waals surface area (Å²) in [6.07, 6.45) is 4.96. The SMILES string of the molecule is Cc1c(Nc2nccc3cc(CN4CCC(O)C4)cnc23)cccc1-c1cccc(-c2cc3cc(CN4CCC(C(=O)O)C4)cc(Cl)c3o2)c1C. The average molecular weight is 702 g/mol. The Morgan fingerprint density at radius 2 is 1.61 bits per heavy atom. The molecule has 9 nitrogen and oxygen atoms in total. The summed E-state index contributed by atoms with van der Waals surface area (Å²) in [4.78, 5) is 25.4. The van der Waals surface area contributed by atoms with Crippen LogP contribution in [0.5, 0.6) is 0 Å². The lowest BCUT2D eigenvalue weighted by atomic mass is 9.92. The minimum Gasteiger partial charge on any atom is -0.481 e. The van der Waals surface area contributed by atoms with Crippen LogP contribution < -0.4 is 5.32 Å². The van der Waals surface area contributed by atoms with E-state index in [1.54, 1.807) is 0 Å². The number of aliphatic carboxylic acids is 1. The molecule has 2 fully saturated rings. The molecule has 260 valence electrons. The van der Waals surface area contributed by atoms with Crippen LogP contribution in [0.1, 0.15) is 35.1 Å². The van der Waals surface area contributed by atoms with Gasteiger partial charge in [-0.25, -0.2) is 4.98 Å². The smallest absolute Gasteiger partial charge is 0.307 e. The first-order valence-electron chi connectivity index (χ1n) is 17.5. The molecular weight excluding hydrogens is 662 g/mol. The molecule has 2 aliphatic rings. The molecule has 6 aromatic rings. The van der Waals surface area contributed by atoms with Crippen LogP contribution in [0.25, 0.3) is 44.3 Å². The van der Waals surface area contributed by atoms with Gasteiger partial charge in [-0.05, 0) is 103 Å². The number of β-amino-alcohol motifs (C(OH)–C–C–N with tert-alkyl or cyclic N) is 1. The number of benzene rings is 3. The molecule has 3 aromatic heterocycles. The van der Waals surface area contributed by atoms with E-state index >= 15 is 0 Å². The molecule has 0 amide bonds. The molecule has 10 heteroatoms. The summed E-state index contributed by atoms with van der Waals surface area (Å²) >= 11 is 6.75. The van der Waals surface area contributed by atoms with Crippen LogP contribution >= 0.6 is 11.6 Å². The average Bonchev–Trinajstić information content (AvgIpc) is 3.86. The zero-order valence-corrected chi connectivity index (χ0v) is 29.5. The number of hydrogen-bond donors (Lipinski definition) is 3. The van der Waals surface area contributed by atoms with E-state index in [2.05, 4.69) is 82.5 Å². The van der Waals surface area contributed by atoms with E-state index in [4.69, 9.17) is 21.0 Å². The van der Waals surface area contributed by atoms with Gasteiger partial charge in [0.25, 0.3) is 0 Å². The predicted molar refractivity (Wildman–Crippen MR) is 201 cm³/mol. The van der Waals surface area contributed by atoms with Crippen LogP contribution in [0.4, 0.5) is 11.5 Å². The fourth-order valence-electron chi connectivity index (χ4n) is 7.71. The quantitative estimate of drug-likeness (QED) is 0.137. The maximum atomic E-state index is 11.4. The van der Waals surface area contributed by atoms with Crippen molar-refractivity contribution in [2.45, 2.75) is 45.9 Å². The van der Waals surface area contributed by atoms with E-state index in [9.17, 15) is 15.0 Å². The number of rotatable bonds is 9. The van der Waals surface area contributed by atoms with Crippen molar-refractivity contribution in [1.29, 1.82) is 0 Å². The lowest BCUT2D eigenvalue weighted by Crippen LogP contribution is -2.22. The standard InChI is InChI=1S/C41H40ClN5O4/c1-24-32(5-3-7-34(24)37-18-30-15-26(17-35(42)39(30)51-37)20-46-13-10-29(22-46)41(49)50)33-6-4-8-36(25(33)2)45-40-38-28(9-12-43-40)16-27(19-44-38)21-47-14-11-31(48)23-47/h3-9,12,15-19,29,31,48H,10-11,13-14,20-23H2,1-2H3,(H,43,45)(H,49,50). The number of likely N-dealkylation sites (tertiary alicyclic amines) is 2. The molecule has 2 unspecified atom stereocenters. The van der Waals surface area contributed by atoms with Crippen LogP contribution in [0.15, 0.2) is 83.5 Å². The highest BCUT2D eigenvalue weighted by Gasteiger charge is 2.28. The second kappa shape index (κ2) is 13.7. The van der Waals surface area contributed by atoms with Gasteiger partial charge in [0.2, 0.25) is 0 Å². The molecule has 8 rings (SSSR count). The maximum Gasteiger partial charge on any atom is 0.307 e. The molecule has 2 aliphatic heterocycles. The molecule has 0 saturated carbocycles. The third kappa shape index (κ3) is 6.70. The van der Waals surface area contributed by atoms with Crippen molar-refractivity contribution in [3.8, 4) is 22.5 Å². The zero-order chi connectivity index (χ0) is 35.2. The first-order chi connectivity index (χ1) is 24.7. The fourth-order valence-corrected chi connectivity index (χ4v) is 8.00. The lowest BCUT2D eigenvalue weighted by Gasteiger charge is -2.17. The predicted octanol–water partition coefficient (Wildman–Crippen LogP) is 8.20. The number of aliphatic hydroxyl groups is 1. The Balaban J connectivity index is 1.05. The van der Waals surface area contributed by atoms with Crippen molar-refractivity contribution in [1.82, 2.24) is 19.8 Å². The number of fused-ring (bicyclic) bond motifs is 2. The number of carbonyl (C=O) groups is 1. The number of carboxylic acids is 1. The van der Waals surface area contributed by atoms with Gasteiger partial charge in [0.05, 0.1) is 17.0 Å². The minimum atomic E-state index is -0.731. The Bertz CT molecular complexity index is 2290. The molecule has 2 saturated heterocycles. The van der Waals surface area contributed by atoms with Crippen molar-refractivity contribution in [3.05, 3.63) is 106 Å². The maximum absolute atomic E-state index is 11.4. The first kappa shape index (κ1) is 33.3. The van der Waals surface area contributed by atoms with E-state index in [0.29, 0.717) is 42.5 Å². The van der Waals surface area contributed by atoms with Gasteiger partial charge < -0.3 is 19.9 Å². The van der Waals surface area contributed by atoms with Crippen molar-refractivity contribution in [3.63, 3.8) is 0 Å². The second-order valence-electron chi connectivity index (χ2n) is 14.0. The summed E-state index contributed by atoms with van der Waals surface area (Å²) in [5, 5.41) is 25.4. The highest BCUT2D eigenvalue weighted by Crippen LogP contribution is 2.40. The summed E-state index contributed by atoms with van der Waals surface area (Å²) in [5.74, 6) is 0.397. The summed E-state index contributed by atoms with van der Waals surface area (Å²) in [7, 11) is 0. The van der Waals surface area contributed by atoms with Crippen LogP contribution in [0.3, 0.4) is 0 Å². The van der Waals surface area contributed by atoms with Gasteiger partial charge >= 0.3 is 5.97 Å². The number of aromatic nitrogens is 2. The molecule has 0 aliphatic carbocycles. The Kier molecular flexibility index (Phi) is 8.98. The Hall–Kier alpha value is -4.80. The molecule has 5 heterocycles. The summed E-state index contributed by atoms with van der Waals surface area (Å²) in [5.41, 5.74) is 9.92. The number of anilines is 2. The molecule has 0 radical (unpaired) electrons. The molecule has 2 atom stereocenters. The van der Waals surface area contributed by atoms with Crippen LogP contribution in [0, 0.1) is 19.8 Å². The summed E-state index contributed by atoms with van der Waals surface area (Å²) in [6, 6.07) is 22.7.